The maximum Gasteiger partial charge on any atom is 0.226 e. The molecule has 0 aliphatic heterocycles. The quantitative estimate of drug-likeness (QED) is 0.902. The summed E-state index contributed by atoms with van der Waals surface area (Å²) in [5.41, 5.74) is 0.309. The molecule has 1 amide bonds. The van der Waals surface area contributed by atoms with E-state index in [1.165, 1.54) is 17.0 Å². The molecule has 0 saturated heterocycles. The molecule has 6 heteroatoms. The summed E-state index contributed by atoms with van der Waals surface area (Å²) in [6.45, 7) is 2.50. The number of hydrogen-bond donors (Lipinski definition) is 1. The minimum atomic E-state index is -0.629. The fourth-order valence-corrected chi connectivity index (χ4v) is 1.75. The summed E-state index contributed by atoms with van der Waals surface area (Å²) in [4.78, 5) is 13.3. The molecule has 0 spiro atoms. The average Bonchev–Trinajstić information content (AvgIpc) is 2.32. The van der Waals surface area contributed by atoms with Crippen molar-refractivity contribution in [3.63, 3.8) is 0 Å². The van der Waals surface area contributed by atoms with Crippen LogP contribution in [0.5, 0.6) is 0 Å². The normalized spacial score (nSPS) is 11.6. The van der Waals surface area contributed by atoms with Crippen LogP contribution >= 0.6 is 12.4 Å². The lowest BCUT2D eigenvalue weighted by atomic mass is 10.1. The molecule has 0 aromatic heterocycles. The highest BCUT2D eigenvalue weighted by Gasteiger charge is 2.17. The minimum absolute atomic E-state index is 0. The number of amides is 1. The van der Waals surface area contributed by atoms with Crippen molar-refractivity contribution in [2.24, 2.45) is 5.92 Å². The third-order valence-corrected chi connectivity index (χ3v) is 2.73. The van der Waals surface area contributed by atoms with E-state index >= 15 is 0 Å². The second-order valence-electron chi connectivity index (χ2n) is 4.39. The van der Waals surface area contributed by atoms with Gasteiger partial charge in [0.25, 0.3) is 0 Å². The van der Waals surface area contributed by atoms with Crippen LogP contribution in [0.3, 0.4) is 0 Å². The van der Waals surface area contributed by atoms with Crippen molar-refractivity contribution in [3.05, 3.63) is 35.4 Å². The molecule has 1 rings (SSSR count). The summed E-state index contributed by atoms with van der Waals surface area (Å²) in [5, 5.41) is 2.91. The van der Waals surface area contributed by atoms with Crippen molar-refractivity contribution in [2.45, 2.75) is 13.5 Å². The van der Waals surface area contributed by atoms with Gasteiger partial charge in [-0.1, -0.05) is 13.0 Å². The summed E-state index contributed by atoms with van der Waals surface area (Å²) in [6.07, 6.45) is 0. The van der Waals surface area contributed by atoms with Gasteiger partial charge in [0, 0.05) is 37.7 Å². The van der Waals surface area contributed by atoms with Crippen molar-refractivity contribution >= 4 is 18.3 Å². The van der Waals surface area contributed by atoms with Crippen LogP contribution in [0.15, 0.2) is 18.2 Å². The molecule has 108 valence electrons. The van der Waals surface area contributed by atoms with E-state index in [0.29, 0.717) is 12.1 Å². The molecule has 1 N–H and O–H groups in total. The molecule has 1 aromatic carbocycles. The summed E-state index contributed by atoms with van der Waals surface area (Å²) in [6, 6.07) is 3.37. The van der Waals surface area contributed by atoms with Gasteiger partial charge in [-0.3, -0.25) is 4.79 Å². The van der Waals surface area contributed by atoms with E-state index in [1.807, 2.05) is 0 Å². The lowest BCUT2D eigenvalue weighted by Crippen LogP contribution is -2.35. The highest BCUT2D eigenvalue weighted by molar-refractivity contribution is 5.85. The highest BCUT2D eigenvalue weighted by atomic mass is 35.5. The molecule has 0 aliphatic carbocycles. The maximum atomic E-state index is 13.4. The Labute approximate surface area is 118 Å². The topological polar surface area (TPSA) is 32.3 Å². The number of hydrogen-bond acceptors (Lipinski definition) is 2. The van der Waals surface area contributed by atoms with Crippen LogP contribution in [-0.4, -0.2) is 31.4 Å². The Kier molecular flexibility index (Phi) is 7.56. The largest absolute Gasteiger partial charge is 0.341 e. The smallest absolute Gasteiger partial charge is 0.226 e. The molecule has 0 fully saturated rings. The van der Waals surface area contributed by atoms with Crippen LogP contribution in [0.25, 0.3) is 0 Å². The van der Waals surface area contributed by atoms with E-state index in [4.69, 9.17) is 0 Å². The standard InChI is InChI=1S/C13H18F2N2O.ClH/c1-9(7-16-2)13(18)17(3)8-10-4-5-11(14)6-12(10)15;/h4-6,9,16H,7-8H2,1-3H3;1H. The summed E-state index contributed by atoms with van der Waals surface area (Å²) >= 11 is 0. The van der Waals surface area contributed by atoms with Gasteiger partial charge >= 0.3 is 0 Å². The van der Waals surface area contributed by atoms with Gasteiger partial charge in [-0.2, -0.15) is 0 Å². The van der Waals surface area contributed by atoms with Gasteiger partial charge in [-0.25, -0.2) is 8.78 Å². The van der Waals surface area contributed by atoms with E-state index in [0.717, 1.165) is 6.07 Å². The van der Waals surface area contributed by atoms with Crippen molar-refractivity contribution < 1.29 is 13.6 Å². The Bertz CT molecular complexity index is 429. The summed E-state index contributed by atoms with van der Waals surface area (Å²) in [5.74, 6) is -1.50. The predicted molar refractivity (Wildman–Crippen MR) is 73.2 cm³/mol. The molecule has 0 saturated carbocycles. The van der Waals surface area contributed by atoms with Gasteiger partial charge in [0.15, 0.2) is 0 Å². The van der Waals surface area contributed by atoms with Crippen LogP contribution < -0.4 is 5.32 Å². The molecule has 1 atom stereocenters. The Morgan fingerprint density at radius 3 is 2.58 bits per heavy atom. The molecule has 0 heterocycles. The lowest BCUT2D eigenvalue weighted by Gasteiger charge is -2.21. The van der Waals surface area contributed by atoms with Gasteiger partial charge in [-0.15, -0.1) is 12.4 Å². The van der Waals surface area contributed by atoms with Gasteiger partial charge in [0.05, 0.1) is 0 Å². The first kappa shape index (κ1) is 17.8. The molecule has 0 aliphatic rings. The van der Waals surface area contributed by atoms with E-state index in [1.54, 1.807) is 21.0 Å². The zero-order valence-corrected chi connectivity index (χ0v) is 12.1. The number of halogens is 3. The number of nitrogens with one attached hydrogen (secondary N) is 1. The Balaban J connectivity index is 0.00000324. The molecular formula is C13H19ClF2N2O. The van der Waals surface area contributed by atoms with E-state index in [-0.39, 0.29) is 30.8 Å². The monoisotopic (exact) mass is 292 g/mol. The fourth-order valence-electron chi connectivity index (χ4n) is 1.75. The van der Waals surface area contributed by atoms with E-state index in [2.05, 4.69) is 5.32 Å². The first-order valence-electron chi connectivity index (χ1n) is 5.79. The van der Waals surface area contributed by atoms with Crippen LogP contribution in [0, 0.1) is 17.6 Å². The average molecular weight is 293 g/mol. The number of carbonyl (C=O) groups is 1. The summed E-state index contributed by atoms with van der Waals surface area (Å²) in [7, 11) is 3.38. The number of nitrogens with zero attached hydrogens (tertiary/aromatic N) is 1. The molecule has 0 radical (unpaired) electrons. The van der Waals surface area contributed by atoms with Gasteiger partial charge in [0.2, 0.25) is 5.91 Å². The zero-order valence-electron chi connectivity index (χ0n) is 11.2. The molecule has 3 nitrogen and oxygen atoms in total. The second-order valence-corrected chi connectivity index (χ2v) is 4.39. The SMILES string of the molecule is CNCC(C)C(=O)N(C)Cc1ccc(F)cc1F.Cl. The Morgan fingerprint density at radius 2 is 2.05 bits per heavy atom. The zero-order chi connectivity index (χ0) is 13.7. The van der Waals surface area contributed by atoms with Crippen molar-refractivity contribution in [1.82, 2.24) is 10.2 Å². The Morgan fingerprint density at radius 1 is 1.42 bits per heavy atom. The minimum Gasteiger partial charge on any atom is -0.341 e. The summed E-state index contributed by atoms with van der Waals surface area (Å²) < 4.78 is 26.2. The van der Waals surface area contributed by atoms with Crippen LogP contribution in [0.4, 0.5) is 8.78 Å². The van der Waals surface area contributed by atoms with Gasteiger partial charge in [-0.05, 0) is 13.1 Å². The predicted octanol–water partition coefficient (Wildman–Crippen LogP) is 2.20. The number of carbonyl (C=O) groups excluding carboxylic acids is 1. The van der Waals surface area contributed by atoms with Crippen molar-refractivity contribution in [1.29, 1.82) is 0 Å². The first-order valence-corrected chi connectivity index (χ1v) is 5.79. The maximum absolute atomic E-state index is 13.4. The van der Waals surface area contributed by atoms with E-state index < -0.39 is 11.6 Å². The highest BCUT2D eigenvalue weighted by Crippen LogP contribution is 2.12. The number of benzene rings is 1. The van der Waals surface area contributed by atoms with Gasteiger partial charge in [0.1, 0.15) is 11.6 Å². The molecule has 0 bridgehead atoms. The van der Waals surface area contributed by atoms with Crippen LogP contribution in [0.2, 0.25) is 0 Å². The van der Waals surface area contributed by atoms with Crippen LogP contribution in [0.1, 0.15) is 12.5 Å². The lowest BCUT2D eigenvalue weighted by molar-refractivity contribution is -0.134. The van der Waals surface area contributed by atoms with Crippen molar-refractivity contribution in [2.75, 3.05) is 20.6 Å². The fraction of sp³-hybridized carbons (Fsp3) is 0.462. The number of rotatable bonds is 5. The Hall–Kier alpha value is -1.20. The molecule has 1 aromatic rings. The third kappa shape index (κ3) is 5.12. The van der Waals surface area contributed by atoms with Crippen LogP contribution in [-0.2, 0) is 11.3 Å². The van der Waals surface area contributed by atoms with Gasteiger partial charge < -0.3 is 10.2 Å². The van der Waals surface area contributed by atoms with Crippen molar-refractivity contribution in [3.8, 4) is 0 Å². The first-order chi connectivity index (χ1) is 8.45. The van der Waals surface area contributed by atoms with E-state index in [9.17, 15) is 13.6 Å². The molecule has 19 heavy (non-hydrogen) atoms. The second kappa shape index (κ2) is 8.07. The third-order valence-electron chi connectivity index (χ3n) is 2.73. The molecular weight excluding hydrogens is 274 g/mol. The molecule has 1 unspecified atom stereocenters.